The molecule has 6 nitrogen and oxygen atoms in total. The summed E-state index contributed by atoms with van der Waals surface area (Å²) in [6.07, 6.45) is -1.58. The zero-order valence-corrected chi connectivity index (χ0v) is 14.8. The lowest BCUT2D eigenvalue weighted by Gasteiger charge is -2.17. The molecule has 2 N–H and O–H groups in total. The Kier molecular flexibility index (Phi) is 5.62. The third-order valence-electron chi connectivity index (χ3n) is 4.40. The van der Waals surface area contributed by atoms with Gasteiger partial charge in [0.25, 0.3) is 0 Å². The quantitative estimate of drug-likeness (QED) is 0.483. The minimum absolute atomic E-state index is 0.0632. The average molecular weight is 384 g/mol. The van der Waals surface area contributed by atoms with Crippen LogP contribution in [0.2, 0.25) is 0 Å². The second-order valence-electron chi connectivity index (χ2n) is 6.22. The van der Waals surface area contributed by atoms with Crippen LogP contribution in [0.3, 0.4) is 0 Å². The van der Waals surface area contributed by atoms with E-state index in [9.17, 15) is 17.6 Å². The lowest BCUT2D eigenvalue weighted by Crippen LogP contribution is -2.37. The number of fused-ring (bicyclic) bond motifs is 1. The van der Waals surface area contributed by atoms with Crippen LogP contribution in [0.15, 0.2) is 23.2 Å². The van der Waals surface area contributed by atoms with E-state index in [1.165, 1.54) is 7.05 Å². The molecule has 0 spiro atoms. The van der Waals surface area contributed by atoms with Gasteiger partial charge in [-0.2, -0.15) is 13.2 Å². The number of nitrogens with zero attached hydrogens (tertiary/aromatic N) is 4. The van der Waals surface area contributed by atoms with Crippen molar-refractivity contribution in [2.45, 2.75) is 45.1 Å². The van der Waals surface area contributed by atoms with Gasteiger partial charge >= 0.3 is 6.18 Å². The number of rotatable bonds is 4. The molecular formula is C17H20F4N6. The summed E-state index contributed by atoms with van der Waals surface area (Å²) in [7, 11) is 1.52. The van der Waals surface area contributed by atoms with Crippen molar-refractivity contribution in [2.75, 3.05) is 7.05 Å². The van der Waals surface area contributed by atoms with Crippen molar-refractivity contribution >= 4 is 5.96 Å². The Morgan fingerprint density at radius 1 is 1.19 bits per heavy atom. The highest BCUT2D eigenvalue weighted by atomic mass is 19.4. The summed E-state index contributed by atoms with van der Waals surface area (Å²) in [5.74, 6) is 1.10. The third kappa shape index (κ3) is 4.55. The SMILES string of the molecule is CN=C(NCc1ccc(F)cc1C(F)(F)F)NCc1nnc2n1CCCC2. The first kappa shape index (κ1) is 19.1. The van der Waals surface area contributed by atoms with Crippen molar-refractivity contribution in [1.29, 1.82) is 0 Å². The van der Waals surface area contributed by atoms with E-state index in [4.69, 9.17) is 0 Å². The van der Waals surface area contributed by atoms with Crippen LogP contribution in [-0.4, -0.2) is 27.8 Å². The first-order chi connectivity index (χ1) is 12.9. The van der Waals surface area contributed by atoms with Crippen LogP contribution in [0, 0.1) is 5.82 Å². The van der Waals surface area contributed by atoms with Crippen molar-refractivity contribution in [3.8, 4) is 0 Å². The van der Waals surface area contributed by atoms with Gasteiger partial charge in [-0.05, 0) is 30.5 Å². The maximum Gasteiger partial charge on any atom is 0.416 e. The van der Waals surface area contributed by atoms with Crippen LogP contribution < -0.4 is 10.6 Å². The smallest absolute Gasteiger partial charge is 0.352 e. The molecule has 0 bridgehead atoms. The van der Waals surface area contributed by atoms with Gasteiger partial charge < -0.3 is 15.2 Å². The molecule has 2 heterocycles. The highest BCUT2D eigenvalue weighted by Crippen LogP contribution is 2.32. The number of hydrogen-bond acceptors (Lipinski definition) is 3. The second kappa shape index (κ2) is 7.93. The molecule has 1 aliphatic rings. The van der Waals surface area contributed by atoms with E-state index in [0.29, 0.717) is 18.6 Å². The molecule has 0 fully saturated rings. The van der Waals surface area contributed by atoms with Gasteiger partial charge in [-0.3, -0.25) is 4.99 Å². The van der Waals surface area contributed by atoms with Crippen molar-refractivity contribution in [1.82, 2.24) is 25.4 Å². The Balaban J connectivity index is 1.63. The fraction of sp³-hybridized carbons (Fsp3) is 0.471. The lowest BCUT2D eigenvalue weighted by molar-refractivity contribution is -0.138. The minimum Gasteiger partial charge on any atom is -0.352 e. The predicted octanol–water partition coefficient (Wildman–Crippen LogP) is 2.64. The Hall–Kier alpha value is -2.65. The first-order valence-corrected chi connectivity index (χ1v) is 8.59. The lowest BCUT2D eigenvalue weighted by atomic mass is 10.1. The Morgan fingerprint density at radius 2 is 1.96 bits per heavy atom. The van der Waals surface area contributed by atoms with Crippen LogP contribution in [0.25, 0.3) is 0 Å². The van der Waals surface area contributed by atoms with Gasteiger partial charge in [0, 0.05) is 26.6 Å². The third-order valence-corrected chi connectivity index (χ3v) is 4.40. The molecule has 2 aromatic rings. The molecule has 0 atom stereocenters. The van der Waals surface area contributed by atoms with E-state index < -0.39 is 17.6 Å². The molecule has 1 aromatic heterocycles. The summed E-state index contributed by atoms with van der Waals surface area (Å²) in [6, 6.07) is 2.62. The van der Waals surface area contributed by atoms with Gasteiger partial charge in [-0.1, -0.05) is 6.07 Å². The Labute approximate surface area is 153 Å². The molecule has 0 saturated heterocycles. The monoisotopic (exact) mass is 384 g/mol. The Bertz CT molecular complexity index is 827. The predicted molar refractivity (Wildman–Crippen MR) is 91.4 cm³/mol. The van der Waals surface area contributed by atoms with Gasteiger partial charge in [0.1, 0.15) is 11.6 Å². The zero-order chi connectivity index (χ0) is 19.4. The molecule has 27 heavy (non-hydrogen) atoms. The highest BCUT2D eigenvalue weighted by molar-refractivity contribution is 5.79. The molecule has 0 aliphatic carbocycles. The van der Waals surface area contributed by atoms with Gasteiger partial charge in [0.15, 0.2) is 11.8 Å². The van der Waals surface area contributed by atoms with Gasteiger partial charge in [-0.15, -0.1) is 10.2 Å². The number of aliphatic imine (C=N–C) groups is 1. The Morgan fingerprint density at radius 3 is 2.70 bits per heavy atom. The molecule has 0 unspecified atom stereocenters. The summed E-state index contributed by atoms with van der Waals surface area (Å²) in [5.41, 5.74) is -1.07. The fourth-order valence-electron chi connectivity index (χ4n) is 3.03. The average Bonchev–Trinajstić information content (AvgIpc) is 3.05. The number of halogens is 4. The zero-order valence-electron chi connectivity index (χ0n) is 14.8. The molecule has 146 valence electrons. The number of aryl methyl sites for hydroxylation is 1. The number of nitrogens with one attached hydrogen (secondary N) is 2. The van der Waals surface area contributed by atoms with Gasteiger partial charge in [-0.25, -0.2) is 4.39 Å². The molecule has 3 rings (SSSR count). The second-order valence-corrected chi connectivity index (χ2v) is 6.22. The number of benzene rings is 1. The number of guanidine groups is 1. The van der Waals surface area contributed by atoms with E-state index in [1.54, 1.807) is 0 Å². The number of hydrogen-bond donors (Lipinski definition) is 2. The first-order valence-electron chi connectivity index (χ1n) is 8.59. The fourth-order valence-corrected chi connectivity index (χ4v) is 3.03. The molecule has 1 aliphatic heterocycles. The summed E-state index contributed by atoms with van der Waals surface area (Å²) in [6.45, 7) is 1.06. The van der Waals surface area contributed by atoms with Crippen molar-refractivity contribution in [3.05, 3.63) is 46.8 Å². The van der Waals surface area contributed by atoms with Crippen LogP contribution in [0.4, 0.5) is 17.6 Å². The molecular weight excluding hydrogens is 364 g/mol. The van der Waals surface area contributed by atoms with Crippen molar-refractivity contribution in [3.63, 3.8) is 0 Å². The van der Waals surface area contributed by atoms with E-state index >= 15 is 0 Å². The van der Waals surface area contributed by atoms with Gasteiger partial charge in [0.05, 0.1) is 12.1 Å². The molecule has 1 aromatic carbocycles. The molecule has 0 radical (unpaired) electrons. The largest absolute Gasteiger partial charge is 0.416 e. The number of aromatic nitrogens is 3. The highest BCUT2D eigenvalue weighted by Gasteiger charge is 2.33. The molecule has 0 amide bonds. The number of alkyl halides is 3. The van der Waals surface area contributed by atoms with Crippen LogP contribution in [-0.2, 0) is 32.2 Å². The maximum absolute atomic E-state index is 13.2. The normalized spacial score (nSPS) is 14.8. The summed E-state index contributed by atoms with van der Waals surface area (Å²) < 4.78 is 54.4. The van der Waals surface area contributed by atoms with Crippen LogP contribution >= 0.6 is 0 Å². The van der Waals surface area contributed by atoms with Crippen LogP contribution in [0.1, 0.15) is 35.6 Å². The topological polar surface area (TPSA) is 67.1 Å². The van der Waals surface area contributed by atoms with Gasteiger partial charge in [0.2, 0.25) is 0 Å². The summed E-state index contributed by atoms with van der Waals surface area (Å²) in [4.78, 5) is 4.01. The maximum atomic E-state index is 13.2. The van der Waals surface area contributed by atoms with Crippen molar-refractivity contribution in [2.24, 2.45) is 4.99 Å². The summed E-state index contributed by atoms with van der Waals surface area (Å²) in [5, 5.41) is 14.2. The van der Waals surface area contributed by atoms with E-state index in [1.807, 2.05) is 4.57 Å². The van der Waals surface area contributed by atoms with E-state index in [-0.39, 0.29) is 12.1 Å². The minimum atomic E-state index is -4.63. The van der Waals surface area contributed by atoms with Crippen molar-refractivity contribution < 1.29 is 17.6 Å². The summed E-state index contributed by atoms with van der Waals surface area (Å²) >= 11 is 0. The molecule has 10 heteroatoms. The van der Waals surface area contributed by atoms with E-state index in [0.717, 1.165) is 49.6 Å². The molecule has 0 saturated carbocycles. The van der Waals surface area contributed by atoms with E-state index in [2.05, 4.69) is 25.8 Å². The standard InChI is InChI=1S/C17H20F4N6/c1-22-16(24-10-15-26-25-14-4-2-3-7-27(14)15)23-9-11-5-6-12(18)8-13(11)17(19,20)21/h5-6,8H,2-4,7,9-10H2,1H3,(H2,22,23,24). The van der Waals surface area contributed by atoms with Crippen LogP contribution in [0.5, 0.6) is 0 Å².